The summed E-state index contributed by atoms with van der Waals surface area (Å²) in [7, 11) is 0. The molecule has 0 aliphatic carbocycles. The Hall–Kier alpha value is -2.65. The monoisotopic (exact) mass is 379 g/mol. The molecule has 1 fully saturated rings. The van der Waals surface area contributed by atoms with E-state index >= 15 is 0 Å². The summed E-state index contributed by atoms with van der Waals surface area (Å²) in [6.45, 7) is 7.88. The fraction of sp³-hybridized carbons (Fsp3) is 0.500. The lowest BCUT2D eigenvalue weighted by Gasteiger charge is -2.39. The predicted molar refractivity (Wildman–Crippen MR) is 112 cm³/mol. The first-order valence-electron chi connectivity index (χ1n) is 10.0. The van der Waals surface area contributed by atoms with Gasteiger partial charge in [-0.1, -0.05) is 27.2 Å². The number of hydrogen-bond donors (Lipinski definition) is 2. The van der Waals surface area contributed by atoms with Crippen molar-refractivity contribution in [3.8, 4) is 6.07 Å². The first-order valence-corrected chi connectivity index (χ1v) is 10.0. The molecule has 3 N–H and O–H groups in total. The molecule has 0 saturated carbocycles. The maximum atomic E-state index is 12.6. The van der Waals surface area contributed by atoms with Crippen LogP contribution in [0.2, 0.25) is 0 Å². The number of rotatable bonds is 5. The summed E-state index contributed by atoms with van der Waals surface area (Å²) in [6, 6.07) is 9.51. The van der Waals surface area contributed by atoms with Crippen molar-refractivity contribution in [2.75, 3.05) is 18.0 Å². The number of nitrogens with one attached hydrogen (secondary N) is 1. The number of nitrogens with two attached hydrogens (primary N) is 1. The van der Waals surface area contributed by atoms with E-state index in [1.54, 1.807) is 6.20 Å². The number of fused-ring (bicyclic) bond motifs is 1. The van der Waals surface area contributed by atoms with E-state index in [2.05, 4.69) is 28.2 Å². The lowest BCUT2D eigenvalue weighted by molar-refractivity contribution is -0.124. The lowest BCUT2D eigenvalue weighted by Crippen LogP contribution is -2.55. The maximum absolute atomic E-state index is 12.6. The summed E-state index contributed by atoms with van der Waals surface area (Å²) in [5.74, 6) is 0.520. The zero-order chi connectivity index (χ0) is 20.3. The molecule has 3 rings (SSSR count). The lowest BCUT2D eigenvalue weighted by atomic mass is 9.93. The zero-order valence-electron chi connectivity index (χ0n) is 16.9. The van der Waals surface area contributed by atoms with Crippen LogP contribution in [0, 0.1) is 23.2 Å². The van der Waals surface area contributed by atoms with Crippen LogP contribution in [-0.4, -0.2) is 36.1 Å². The van der Waals surface area contributed by atoms with E-state index in [4.69, 9.17) is 5.73 Å². The van der Waals surface area contributed by atoms with Crippen molar-refractivity contribution < 1.29 is 4.79 Å². The van der Waals surface area contributed by atoms with Crippen LogP contribution >= 0.6 is 0 Å². The van der Waals surface area contributed by atoms with Crippen molar-refractivity contribution in [1.82, 2.24) is 10.3 Å². The van der Waals surface area contributed by atoms with Crippen molar-refractivity contribution in [2.24, 2.45) is 17.6 Å². The molecule has 148 valence electrons. The Morgan fingerprint density at radius 2 is 2.21 bits per heavy atom. The van der Waals surface area contributed by atoms with Gasteiger partial charge in [-0.3, -0.25) is 9.78 Å². The molecule has 1 saturated heterocycles. The highest BCUT2D eigenvalue weighted by Gasteiger charge is 2.29. The van der Waals surface area contributed by atoms with Crippen LogP contribution in [0.3, 0.4) is 0 Å². The van der Waals surface area contributed by atoms with Crippen LogP contribution < -0.4 is 16.0 Å². The second-order valence-corrected chi connectivity index (χ2v) is 8.01. The first kappa shape index (κ1) is 20.1. The molecule has 6 nitrogen and oxygen atoms in total. The minimum atomic E-state index is -0.476. The Bertz CT molecular complexity index is 890. The van der Waals surface area contributed by atoms with E-state index in [9.17, 15) is 10.1 Å². The molecule has 1 aliphatic heterocycles. The van der Waals surface area contributed by atoms with Crippen LogP contribution in [-0.2, 0) is 4.79 Å². The highest BCUT2D eigenvalue weighted by molar-refractivity contribution is 5.95. The smallest absolute Gasteiger partial charge is 0.237 e. The molecule has 4 atom stereocenters. The van der Waals surface area contributed by atoms with Crippen molar-refractivity contribution >= 4 is 22.5 Å². The topological polar surface area (TPSA) is 95.0 Å². The minimum Gasteiger partial charge on any atom is -0.369 e. The number of benzene rings is 1. The normalized spacial score (nSPS) is 21.8. The molecule has 0 radical (unpaired) electrons. The van der Waals surface area contributed by atoms with Crippen molar-refractivity contribution in [3.05, 3.63) is 36.0 Å². The number of pyridine rings is 1. The molecule has 6 heteroatoms. The first-order chi connectivity index (χ1) is 13.4. The molecule has 0 bridgehead atoms. The minimum absolute atomic E-state index is 0.0497. The van der Waals surface area contributed by atoms with Gasteiger partial charge in [-0.15, -0.1) is 0 Å². The number of carbonyl (C=O) groups excluding carboxylic acids is 1. The maximum Gasteiger partial charge on any atom is 0.237 e. The summed E-state index contributed by atoms with van der Waals surface area (Å²) < 4.78 is 0. The van der Waals surface area contributed by atoms with Crippen LogP contribution in [0.1, 0.15) is 39.2 Å². The van der Waals surface area contributed by atoms with E-state index in [1.807, 2.05) is 38.1 Å². The molecule has 28 heavy (non-hydrogen) atoms. The summed E-state index contributed by atoms with van der Waals surface area (Å²) in [5, 5.41) is 13.5. The second-order valence-electron chi connectivity index (χ2n) is 8.01. The van der Waals surface area contributed by atoms with Gasteiger partial charge < -0.3 is 16.0 Å². The summed E-state index contributed by atoms with van der Waals surface area (Å²) in [6.07, 6.45) is 3.53. The van der Waals surface area contributed by atoms with E-state index in [0.717, 1.165) is 42.5 Å². The number of nitriles is 1. The number of anilines is 1. The number of piperidine rings is 1. The SMILES string of the molecule is CC[C@H](C)[C@H](N)C(=O)N[C@@H]1C[C@H](C)CN(c2ccc(C#N)c3ncccc23)C1. The Balaban J connectivity index is 1.83. The van der Waals surface area contributed by atoms with Crippen LogP contribution in [0.15, 0.2) is 30.5 Å². The zero-order valence-corrected chi connectivity index (χ0v) is 16.9. The Morgan fingerprint density at radius 3 is 2.93 bits per heavy atom. The van der Waals surface area contributed by atoms with Crippen molar-refractivity contribution in [1.29, 1.82) is 5.26 Å². The average Bonchev–Trinajstić information content (AvgIpc) is 2.71. The number of aromatic nitrogens is 1. The van der Waals surface area contributed by atoms with Gasteiger partial charge in [0.25, 0.3) is 0 Å². The number of nitrogens with zero attached hydrogens (tertiary/aromatic N) is 3. The molecule has 1 aromatic heterocycles. The quantitative estimate of drug-likeness (QED) is 0.833. The van der Waals surface area contributed by atoms with Gasteiger partial charge in [-0.05, 0) is 42.5 Å². The summed E-state index contributed by atoms with van der Waals surface area (Å²) in [5.41, 5.74) is 8.47. The van der Waals surface area contributed by atoms with Gasteiger partial charge >= 0.3 is 0 Å². The van der Waals surface area contributed by atoms with Gasteiger partial charge in [0.15, 0.2) is 0 Å². The Labute approximate surface area is 166 Å². The molecule has 1 aromatic carbocycles. The predicted octanol–water partition coefficient (Wildman–Crippen LogP) is 2.81. The Kier molecular flexibility index (Phi) is 6.15. The van der Waals surface area contributed by atoms with Crippen molar-refractivity contribution in [2.45, 2.75) is 45.7 Å². The van der Waals surface area contributed by atoms with Gasteiger partial charge in [0.05, 0.1) is 17.1 Å². The highest BCUT2D eigenvalue weighted by Crippen LogP contribution is 2.31. The third-order valence-corrected chi connectivity index (χ3v) is 5.77. The standard InChI is InChI=1S/C22H29N5O/c1-4-15(3)20(24)22(28)26-17-10-14(2)12-27(13-17)19-8-7-16(11-23)21-18(19)6-5-9-25-21/h5-9,14-15,17,20H,4,10,12-13,24H2,1-3H3,(H,26,28)/t14-,15-,17+,20-/m0/s1. The molecule has 2 aromatic rings. The number of carbonyl (C=O) groups is 1. The molecular weight excluding hydrogens is 350 g/mol. The second kappa shape index (κ2) is 8.57. The number of amides is 1. The van der Waals surface area contributed by atoms with Gasteiger partial charge in [0.2, 0.25) is 5.91 Å². The molecule has 2 heterocycles. The largest absolute Gasteiger partial charge is 0.369 e. The van der Waals surface area contributed by atoms with Crippen molar-refractivity contribution in [3.63, 3.8) is 0 Å². The Morgan fingerprint density at radius 1 is 1.43 bits per heavy atom. The van der Waals surface area contributed by atoms with Crippen LogP contribution in [0.5, 0.6) is 0 Å². The van der Waals surface area contributed by atoms with E-state index in [1.165, 1.54) is 0 Å². The van der Waals surface area contributed by atoms with Crippen LogP contribution in [0.4, 0.5) is 5.69 Å². The molecule has 1 amide bonds. The van der Waals surface area contributed by atoms with E-state index in [-0.39, 0.29) is 17.9 Å². The van der Waals surface area contributed by atoms with E-state index < -0.39 is 6.04 Å². The molecule has 0 spiro atoms. The third kappa shape index (κ3) is 4.10. The molecular formula is C22H29N5O. The fourth-order valence-electron chi connectivity index (χ4n) is 3.99. The third-order valence-electron chi connectivity index (χ3n) is 5.77. The fourth-order valence-corrected chi connectivity index (χ4v) is 3.99. The molecule has 1 aliphatic rings. The molecule has 0 unspecified atom stereocenters. The summed E-state index contributed by atoms with van der Waals surface area (Å²) in [4.78, 5) is 19.3. The number of hydrogen-bond acceptors (Lipinski definition) is 5. The van der Waals surface area contributed by atoms with Gasteiger partial charge in [0, 0.05) is 36.4 Å². The van der Waals surface area contributed by atoms with Gasteiger partial charge in [-0.2, -0.15) is 5.26 Å². The average molecular weight is 380 g/mol. The van der Waals surface area contributed by atoms with Gasteiger partial charge in [0.1, 0.15) is 6.07 Å². The summed E-state index contributed by atoms with van der Waals surface area (Å²) >= 11 is 0. The van der Waals surface area contributed by atoms with Crippen LogP contribution in [0.25, 0.3) is 10.9 Å². The van der Waals surface area contributed by atoms with E-state index in [0.29, 0.717) is 11.5 Å². The van der Waals surface area contributed by atoms with Gasteiger partial charge in [-0.25, -0.2) is 0 Å². The highest BCUT2D eigenvalue weighted by atomic mass is 16.2.